The zero-order chi connectivity index (χ0) is 9.80. The summed E-state index contributed by atoms with van der Waals surface area (Å²) < 4.78 is 0. The first-order valence-electron chi connectivity index (χ1n) is 5.49. The van der Waals surface area contributed by atoms with Gasteiger partial charge in [0, 0.05) is 23.5 Å². The van der Waals surface area contributed by atoms with E-state index in [0.717, 1.165) is 6.42 Å². The SMILES string of the molecule is Cc1csc(CC2CCCCCN2)n1. The molecule has 14 heavy (non-hydrogen) atoms. The standard InChI is InChI=1S/C11H18N2S/c1-9-8-14-11(13-9)7-10-5-3-2-4-6-12-10/h8,10,12H,2-7H2,1H3. The van der Waals surface area contributed by atoms with Gasteiger partial charge in [-0.25, -0.2) is 4.98 Å². The van der Waals surface area contributed by atoms with Crippen LogP contribution in [0.15, 0.2) is 5.38 Å². The molecule has 78 valence electrons. The largest absolute Gasteiger partial charge is 0.314 e. The Hall–Kier alpha value is -0.410. The monoisotopic (exact) mass is 210 g/mol. The van der Waals surface area contributed by atoms with E-state index in [2.05, 4.69) is 22.6 Å². The third-order valence-electron chi connectivity index (χ3n) is 2.75. The fourth-order valence-electron chi connectivity index (χ4n) is 1.98. The van der Waals surface area contributed by atoms with E-state index < -0.39 is 0 Å². The van der Waals surface area contributed by atoms with E-state index in [0.29, 0.717) is 6.04 Å². The van der Waals surface area contributed by atoms with Gasteiger partial charge in [0.25, 0.3) is 0 Å². The van der Waals surface area contributed by atoms with Gasteiger partial charge in [-0.15, -0.1) is 11.3 Å². The van der Waals surface area contributed by atoms with Gasteiger partial charge < -0.3 is 5.32 Å². The van der Waals surface area contributed by atoms with Crippen LogP contribution in [0.25, 0.3) is 0 Å². The zero-order valence-electron chi connectivity index (χ0n) is 8.75. The number of aromatic nitrogens is 1. The van der Waals surface area contributed by atoms with E-state index in [1.54, 1.807) is 11.3 Å². The van der Waals surface area contributed by atoms with E-state index in [1.807, 2.05) is 0 Å². The van der Waals surface area contributed by atoms with Crippen molar-refractivity contribution >= 4 is 11.3 Å². The van der Waals surface area contributed by atoms with Crippen LogP contribution in [0.2, 0.25) is 0 Å². The number of aryl methyl sites for hydroxylation is 1. The molecule has 3 heteroatoms. The molecule has 0 bridgehead atoms. The Morgan fingerprint density at radius 2 is 2.43 bits per heavy atom. The van der Waals surface area contributed by atoms with Crippen LogP contribution in [0.5, 0.6) is 0 Å². The van der Waals surface area contributed by atoms with Crippen LogP contribution in [-0.4, -0.2) is 17.6 Å². The van der Waals surface area contributed by atoms with Crippen molar-refractivity contribution in [1.82, 2.24) is 10.3 Å². The molecule has 1 N–H and O–H groups in total. The molecule has 1 fully saturated rings. The molecular weight excluding hydrogens is 192 g/mol. The fraction of sp³-hybridized carbons (Fsp3) is 0.727. The lowest BCUT2D eigenvalue weighted by Gasteiger charge is -2.13. The molecule has 0 aromatic carbocycles. The van der Waals surface area contributed by atoms with Crippen molar-refractivity contribution in [2.75, 3.05) is 6.54 Å². The highest BCUT2D eigenvalue weighted by Crippen LogP contribution is 2.16. The minimum absolute atomic E-state index is 0.669. The quantitative estimate of drug-likeness (QED) is 0.811. The van der Waals surface area contributed by atoms with Crippen molar-refractivity contribution in [3.8, 4) is 0 Å². The second kappa shape index (κ2) is 4.89. The summed E-state index contributed by atoms with van der Waals surface area (Å²) in [5, 5.41) is 7.04. The van der Waals surface area contributed by atoms with Gasteiger partial charge in [-0.2, -0.15) is 0 Å². The molecule has 2 rings (SSSR count). The first kappa shape index (κ1) is 10.1. The van der Waals surface area contributed by atoms with E-state index in [1.165, 1.54) is 42.9 Å². The van der Waals surface area contributed by atoms with Crippen LogP contribution in [0, 0.1) is 6.92 Å². The summed E-state index contributed by atoms with van der Waals surface area (Å²) >= 11 is 1.80. The van der Waals surface area contributed by atoms with Gasteiger partial charge in [-0.3, -0.25) is 0 Å². The molecule has 1 aliphatic rings. The van der Waals surface area contributed by atoms with Gasteiger partial charge in [0.2, 0.25) is 0 Å². The molecule has 0 aliphatic carbocycles. The van der Waals surface area contributed by atoms with Crippen LogP contribution in [0.3, 0.4) is 0 Å². The molecule has 0 radical (unpaired) electrons. The highest BCUT2D eigenvalue weighted by atomic mass is 32.1. The number of hydrogen-bond donors (Lipinski definition) is 1. The topological polar surface area (TPSA) is 24.9 Å². The summed E-state index contributed by atoms with van der Waals surface area (Å²) in [5.41, 5.74) is 1.17. The Morgan fingerprint density at radius 3 is 3.21 bits per heavy atom. The van der Waals surface area contributed by atoms with Crippen LogP contribution in [0.4, 0.5) is 0 Å². The molecule has 1 aromatic heterocycles. The molecule has 0 spiro atoms. The van der Waals surface area contributed by atoms with Crippen LogP contribution >= 0.6 is 11.3 Å². The maximum absolute atomic E-state index is 4.51. The Kier molecular flexibility index (Phi) is 3.54. The van der Waals surface area contributed by atoms with Crippen molar-refractivity contribution in [1.29, 1.82) is 0 Å². The Labute approximate surface area is 89.8 Å². The number of nitrogens with zero attached hydrogens (tertiary/aromatic N) is 1. The fourth-order valence-corrected chi connectivity index (χ4v) is 2.84. The van der Waals surface area contributed by atoms with Crippen molar-refractivity contribution in [2.24, 2.45) is 0 Å². The summed E-state index contributed by atoms with van der Waals surface area (Å²) in [5.74, 6) is 0. The summed E-state index contributed by atoms with van der Waals surface area (Å²) in [7, 11) is 0. The maximum atomic E-state index is 4.51. The van der Waals surface area contributed by atoms with Gasteiger partial charge in [0.1, 0.15) is 0 Å². The molecule has 1 saturated heterocycles. The van der Waals surface area contributed by atoms with Gasteiger partial charge in [0.15, 0.2) is 0 Å². The van der Waals surface area contributed by atoms with Crippen molar-refractivity contribution in [3.63, 3.8) is 0 Å². The number of rotatable bonds is 2. The molecule has 1 atom stereocenters. The van der Waals surface area contributed by atoms with Crippen LogP contribution in [0.1, 0.15) is 36.4 Å². The average molecular weight is 210 g/mol. The first-order chi connectivity index (χ1) is 6.84. The normalized spacial score (nSPS) is 23.4. The molecule has 0 amide bonds. The minimum atomic E-state index is 0.669. The Balaban J connectivity index is 1.89. The molecule has 0 saturated carbocycles. The lowest BCUT2D eigenvalue weighted by Crippen LogP contribution is -2.30. The molecule has 1 unspecified atom stereocenters. The molecule has 1 aliphatic heterocycles. The Morgan fingerprint density at radius 1 is 1.50 bits per heavy atom. The van der Waals surface area contributed by atoms with E-state index in [4.69, 9.17) is 0 Å². The highest BCUT2D eigenvalue weighted by Gasteiger charge is 2.13. The zero-order valence-corrected chi connectivity index (χ0v) is 9.57. The first-order valence-corrected chi connectivity index (χ1v) is 6.37. The van der Waals surface area contributed by atoms with Gasteiger partial charge in [-0.05, 0) is 26.3 Å². The van der Waals surface area contributed by atoms with Gasteiger partial charge in [0.05, 0.1) is 5.01 Å². The number of nitrogens with one attached hydrogen (secondary N) is 1. The van der Waals surface area contributed by atoms with Gasteiger partial charge in [-0.1, -0.05) is 12.8 Å². The van der Waals surface area contributed by atoms with E-state index >= 15 is 0 Å². The predicted molar refractivity (Wildman–Crippen MR) is 60.8 cm³/mol. The van der Waals surface area contributed by atoms with Crippen molar-refractivity contribution in [3.05, 3.63) is 16.1 Å². The van der Waals surface area contributed by atoms with Crippen LogP contribution < -0.4 is 5.32 Å². The summed E-state index contributed by atoms with van der Waals surface area (Å²) in [6, 6.07) is 0.669. The average Bonchev–Trinajstić information content (AvgIpc) is 2.43. The summed E-state index contributed by atoms with van der Waals surface area (Å²) in [4.78, 5) is 4.51. The Bertz CT molecular complexity index is 275. The van der Waals surface area contributed by atoms with Crippen LogP contribution in [-0.2, 0) is 6.42 Å². The third-order valence-corrected chi connectivity index (χ3v) is 3.74. The second-order valence-corrected chi connectivity index (χ2v) is 5.03. The van der Waals surface area contributed by atoms with E-state index in [9.17, 15) is 0 Å². The molecular formula is C11H18N2S. The number of thiazole rings is 1. The maximum Gasteiger partial charge on any atom is 0.0943 e. The predicted octanol–water partition coefficient (Wildman–Crippen LogP) is 2.53. The van der Waals surface area contributed by atoms with Crippen molar-refractivity contribution in [2.45, 2.75) is 45.1 Å². The molecule has 1 aromatic rings. The van der Waals surface area contributed by atoms with Gasteiger partial charge >= 0.3 is 0 Å². The second-order valence-electron chi connectivity index (χ2n) is 4.09. The third kappa shape index (κ3) is 2.79. The van der Waals surface area contributed by atoms with E-state index in [-0.39, 0.29) is 0 Å². The van der Waals surface area contributed by atoms with Crippen molar-refractivity contribution < 1.29 is 0 Å². The minimum Gasteiger partial charge on any atom is -0.314 e. The lowest BCUT2D eigenvalue weighted by molar-refractivity contribution is 0.506. The smallest absolute Gasteiger partial charge is 0.0943 e. The summed E-state index contributed by atoms with van der Waals surface area (Å²) in [6.07, 6.45) is 6.55. The number of hydrogen-bond acceptors (Lipinski definition) is 3. The molecule has 2 heterocycles. The lowest BCUT2D eigenvalue weighted by atomic mass is 10.1. The summed E-state index contributed by atoms with van der Waals surface area (Å²) in [6.45, 7) is 3.26. The molecule has 2 nitrogen and oxygen atoms in total. The highest BCUT2D eigenvalue weighted by molar-refractivity contribution is 7.09.